The monoisotopic (exact) mass is 379 g/mol. The molecule has 1 fully saturated rings. The van der Waals surface area contributed by atoms with Crippen molar-refractivity contribution in [2.24, 2.45) is 0 Å². The van der Waals surface area contributed by atoms with Gasteiger partial charge in [-0.2, -0.15) is 0 Å². The number of carbonyl (C=O) groups excluding carboxylic acids is 1. The molecule has 0 radical (unpaired) electrons. The lowest BCUT2D eigenvalue weighted by atomic mass is 9.89. The van der Waals surface area contributed by atoms with E-state index >= 15 is 0 Å². The predicted molar refractivity (Wildman–Crippen MR) is 110 cm³/mol. The highest BCUT2D eigenvalue weighted by atomic mass is 16.2. The number of nitrogens with one attached hydrogen (secondary N) is 2. The van der Waals surface area contributed by atoms with E-state index in [1.54, 1.807) is 12.4 Å². The average molecular weight is 380 g/mol. The fraction of sp³-hybridized carbons (Fsp3) is 0.500. The van der Waals surface area contributed by atoms with Gasteiger partial charge in [0.2, 0.25) is 5.95 Å². The highest BCUT2D eigenvalue weighted by Gasteiger charge is 2.23. The van der Waals surface area contributed by atoms with Crippen LogP contribution in [-0.2, 0) is 12.8 Å². The van der Waals surface area contributed by atoms with Gasteiger partial charge in [-0.1, -0.05) is 18.2 Å². The Morgan fingerprint density at radius 1 is 1.14 bits per heavy atom. The zero-order valence-electron chi connectivity index (χ0n) is 16.5. The quantitative estimate of drug-likeness (QED) is 0.854. The summed E-state index contributed by atoms with van der Waals surface area (Å²) in [6.45, 7) is 3.72. The van der Waals surface area contributed by atoms with Gasteiger partial charge < -0.3 is 15.5 Å². The lowest BCUT2D eigenvalue weighted by Gasteiger charge is -2.33. The normalized spacial score (nSPS) is 20.2. The van der Waals surface area contributed by atoms with Crippen LogP contribution >= 0.6 is 0 Å². The molecule has 2 aromatic rings. The van der Waals surface area contributed by atoms with Crippen molar-refractivity contribution in [2.75, 3.05) is 18.0 Å². The summed E-state index contributed by atoms with van der Waals surface area (Å²) >= 11 is 0. The molecule has 1 aliphatic carbocycles. The molecule has 2 atom stereocenters. The molecule has 6 heteroatoms. The number of benzene rings is 1. The summed E-state index contributed by atoms with van der Waals surface area (Å²) in [6.07, 6.45) is 10.4. The molecule has 1 aromatic heterocycles. The van der Waals surface area contributed by atoms with Gasteiger partial charge in [-0.15, -0.1) is 0 Å². The number of hydrogen-bond acceptors (Lipinski definition) is 4. The molecule has 2 amide bonds. The number of urea groups is 1. The van der Waals surface area contributed by atoms with Crippen molar-refractivity contribution >= 4 is 12.0 Å². The fourth-order valence-corrected chi connectivity index (χ4v) is 4.26. The maximum Gasteiger partial charge on any atom is 0.315 e. The SMILES string of the molecule is CC(NC(=O)NC1CCCN(c2ncccn2)C1)c1ccc2c(c1)CCCC2. The lowest BCUT2D eigenvalue weighted by molar-refractivity contribution is 0.232. The zero-order valence-corrected chi connectivity index (χ0v) is 16.5. The van der Waals surface area contributed by atoms with Gasteiger partial charge in [0.15, 0.2) is 0 Å². The van der Waals surface area contributed by atoms with Crippen LogP contribution in [0.2, 0.25) is 0 Å². The topological polar surface area (TPSA) is 70.2 Å². The Kier molecular flexibility index (Phi) is 5.74. The van der Waals surface area contributed by atoms with Crippen LogP contribution in [0.25, 0.3) is 0 Å². The van der Waals surface area contributed by atoms with Crippen LogP contribution in [-0.4, -0.2) is 35.1 Å². The minimum absolute atomic E-state index is 0.00984. The van der Waals surface area contributed by atoms with Gasteiger partial charge in [-0.25, -0.2) is 14.8 Å². The zero-order chi connectivity index (χ0) is 19.3. The van der Waals surface area contributed by atoms with E-state index in [1.807, 2.05) is 6.07 Å². The van der Waals surface area contributed by atoms with Gasteiger partial charge in [0.1, 0.15) is 0 Å². The van der Waals surface area contributed by atoms with Crippen molar-refractivity contribution in [3.63, 3.8) is 0 Å². The predicted octanol–water partition coefficient (Wildman–Crippen LogP) is 3.38. The molecule has 2 N–H and O–H groups in total. The first-order chi connectivity index (χ1) is 13.7. The minimum atomic E-state index is -0.106. The van der Waals surface area contributed by atoms with Crippen LogP contribution in [0.5, 0.6) is 0 Å². The van der Waals surface area contributed by atoms with Gasteiger partial charge in [-0.05, 0) is 68.2 Å². The average Bonchev–Trinajstić information content (AvgIpc) is 2.74. The van der Waals surface area contributed by atoms with Crippen LogP contribution in [0.4, 0.5) is 10.7 Å². The van der Waals surface area contributed by atoms with Crippen LogP contribution in [0.1, 0.15) is 55.3 Å². The first-order valence-electron chi connectivity index (χ1n) is 10.4. The molecule has 6 nitrogen and oxygen atoms in total. The molecule has 28 heavy (non-hydrogen) atoms. The third-order valence-corrected chi connectivity index (χ3v) is 5.81. The van der Waals surface area contributed by atoms with Gasteiger partial charge in [0, 0.05) is 31.5 Å². The molecule has 1 aromatic carbocycles. The number of hydrogen-bond donors (Lipinski definition) is 2. The Bertz CT molecular complexity index is 810. The molecule has 2 heterocycles. The lowest BCUT2D eigenvalue weighted by Crippen LogP contribution is -2.51. The molecule has 0 bridgehead atoms. The number of rotatable bonds is 4. The smallest absolute Gasteiger partial charge is 0.315 e. The second-order valence-corrected chi connectivity index (χ2v) is 7.91. The van der Waals surface area contributed by atoms with Gasteiger partial charge >= 0.3 is 6.03 Å². The summed E-state index contributed by atoms with van der Waals surface area (Å²) in [5, 5.41) is 6.24. The third kappa shape index (κ3) is 4.43. The number of carbonyl (C=O) groups is 1. The Balaban J connectivity index is 1.32. The van der Waals surface area contributed by atoms with E-state index in [-0.39, 0.29) is 18.1 Å². The molecular formula is C22H29N5O. The number of aryl methyl sites for hydroxylation is 2. The molecule has 1 saturated heterocycles. The van der Waals surface area contributed by atoms with E-state index in [9.17, 15) is 4.79 Å². The van der Waals surface area contributed by atoms with Gasteiger partial charge in [-0.3, -0.25) is 0 Å². The summed E-state index contributed by atoms with van der Waals surface area (Å²) in [6, 6.07) is 8.47. The van der Waals surface area contributed by atoms with E-state index in [1.165, 1.54) is 36.0 Å². The molecular weight excluding hydrogens is 350 g/mol. The molecule has 148 valence electrons. The Labute approximate surface area is 166 Å². The standard InChI is InChI=1S/C22H29N5O/c1-16(18-10-9-17-6-2-3-7-19(17)14-18)25-22(28)26-20-8-4-13-27(15-20)21-23-11-5-12-24-21/h5,9-12,14,16,20H,2-4,6-8,13,15H2,1H3,(H2,25,26,28). The molecule has 0 saturated carbocycles. The molecule has 1 aliphatic heterocycles. The number of anilines is 1. The van der Waals surface area contributed by atoms with Crippen molar-refractivity contribution in [1.29, 1.82) is 0 Å². The summed E-state index contributed by atoms with van der Waals surface area (Å²) in [5.41, 5.74) is 4.10. The first kappa shape index (κ1) is 18.7. The third-order valence-electron chi connectivity index (χ3n) is 5.81. The Morgan fingerprint density at radius 3 is 2.75 bits per heavy atom. The number of fused-ring (bicyclic) bond motifs is 1. The maximum atomic E-state index is 12.6. The Hall–Kier alpha value is -2.63. The summed E-state index contributed by atoms with van der Waals surface area (Å²) in [7, 11) is 0. The highest BCUT2D eigenvalue weighted by Crippen LogP contribution is 2.24. The van der Waals surface area contributed by atoms with Crippen molar-refractivity contribution in [3.05, 3.63) is 53.3 Å². The summed E-state index contributed by atoms with van der Waals surface area (Å²) in [5.74, 6) is 0.733. The second-order valence-electron chi connectivity index (χ2n) is 7.91. The minimum Gasteiger partial charge on any atom is -0.339 e. The van der Waals surface area contributed by atoms with E-state index in [4.69, 9.17) is 0 Å². The van der Waals surface area contributed by atoms with Crippen molar-refractivity contribution in [1.82, 2.24) is 20.6 Å². The van der Waals surface area contributed by atoms with E-state index in [0.717, 1.165) is 38.3 Å². The Morgan fingerprint density at radius 2 is 1.93 bits per heavy atom. The molecule has 4 rings (SSSR count). The van der Waals surface area contributed by atoms with E-state index in [0.29, 0.717) is 0 Å². The number of piperidine rings is 1. The van der Waals surface area contributed by atoms with Crippen molar-refractivity contribution < 1.29 is 4.79 Å². The fourth-order valence-electron chi connectivity index (χ4n) is 4.26. The molecule has 0 spiro atoms. The number of nitrogens with zero attached hydrogens (tertiary/aromatic N) is 3. The van der Waals surface area contributed by atoms with Crippen molar-refractivity contribution in [2.45, 2.75) is 57.5 Å². The van der Waals surface area contributed by atoms with Gasteiger partial charge in [0.25, 0.3) is 0 Å². The van der Waals surface area contributed by atoms with E-state index in [2.05, 4.69) is 50.6 Å². The molecule has 2 unspecified atom stereocenters. The largest absolute Gasteiger partial charge is 0.339 e. The second kappa shape index (κ2) is 8.59. The van der Waals surface area contributed by atoms with Crippen molar-refractivity contribution in [3.8, 4) is 0 Å². The van der Waals surface area contributed by atoms with E-state index < -0.39 is 0 Å². The summed E-state index contributed by atoms with van der Waals surface area (Å²) < 4.78 is 0. The van der Waals surface area contributed by atoms with Crippen LogP contribution in [0, 0.1) is 0 Å². The number of aromatic nitrogens is 2. The van der Waals surface area contributed by atoms with Gasteiger partial charge in [0.05, 0.1) is 6.04 Å². The first-order valence-corrected chi connectivity index (χ1v) is 10.4. The number of amides is 2. The van der Waals surface area contributed by atoms with Crippen LogP contribution in [0.3, 0.4) is 0 Å². The maximum absolute atomic E-state index is 12.6. The van der Waals surface area contributed by atoms with Crippen LogP contribution in [0.15, 0.2) is 36.7 Å². The van der Waals surface area contributed by atoms with Crippen LogP contribution < -0.4 is 15.5 Å². The highest BCUT2D eigenvalue weighted by molar-refractivity contribution is 5.75. The summed E-state index contributed by atoms with van der Waals surface area (Å²) in [4.78, 5) is 23.3. The molecule has 2 aliphatic rings.